The molecule has 1 aliphatic rings. The van der Waals surface area contributed by atoms with E-state index < -0.39 is 36.2 Å². The predicted molar refractivity (Wildman–Crippen MR) is 182 cm³/mol. The minimum absolute atomic E-state index is 0.155. The van der Waals surface area contributed by atoms with E-state index in [4.69, 9.17) is 33.2 Å². The van der Waals surface area contributed by atoms with E-state index in [2.05, 4.69) is 0 Å². The summed E-state index contributed by atoms with van der Waals surface area (Å²) in [5.41, 5.74) is 3.96. The molecule has 48 heavy (non-hydrogen) atoms. The van der Waals surface area contributed by atoms with Gasteiger partial charge in [-0.2, -0.15) is 0 Å². The lowest BCUT2D eigenvalue weighted by Gasteiger charge is -2.52. The summed E-state index contributed by atoms with van der Waals surface area (Å²) in [6.07, 6.45) is -3.15. The number of esters is 1. The SMILES string of the molecule is CCOC(=O)C[C@]1(OCC)O[C@H](COCc2ccccc2)[C@@H](OCc2ccccc2)[C@H](OCc2ccccc2)[C@@H]1OCc1ccccc1. The van der Waals surface area contributed by atoms with E-state index in [9.17, 15) is 4.79 Å². The Kier molecular flexibility index (Phi) is 13.7. The van der Waals surface area contributed by atoms with Crippen molar-refractivity contribution in [2.45, 2.75) is 76.9 Å². The van der Waals surface area contributed by atoms with Crippen LogP contribution in [0.15, 0.2) is 121 Å². The van der Waals surface area contributed by atoms with Gasteiger partial charge in [0.05, 0.1) is 39.6 Å². The number of carbonyl (C=O) groups is 1. The number of benzene rings is 4. The topological polar surface area (TPSA) is 81.7 Å². The minimum atomic E-state index is -1.55. The van der Waals surface area contributed by atoms with E-state index in [-0.39, 0.29) is 39.5 Å². The van der Waals surface area contributed by atoms with Crippen LogP contribution < -0.4 is 0 Å². The molecule has 0 spiro atoms. The summed E-state index contributed by atoms with van der Waals surface area (Å²) in [5.74, 6) is -2.02. The van der Waals surface area contributed by atoms with Crippen LogP contribution in [0.3, 0.4) is 0 Å². The molecule has 0 bridgehead atoms. The van der Waals surface area contributed by atoms with Gasteiger partial charge in [0, 0.05) is 6.61 Å². The molecule has 8 nitrogen and oxygen atoms in total. The normalized spacial score (nSPS) is 22.3. The van der Waals surface area contributed by atoms with E-state index >= 15 is 0 Å². The van der Waals surface area contributed by atoms with E-state index in [1.807, 2.05) is 128 Å². The molecule has 8 heteroatoms. The lowest BCUT2D eigenvalue weighted by Crippen LogP contribution is -2.68. The van der Waals surface area contributed by atoms with Crippen LogP contribution in [-0.4, -0.2) is 56.0 Å². The molecular formula is C40H46O8. The van der Waals surface area contributed by atoms with E-state index in [0.29, 0.717) is 13.2 Å². The van der Waals surface area contributed by atoms with Crippen LogP contribution in [0.2, 0.25) is 0 Å². The Labute approximate surface area is 283 Å². The average Bonchev–Trinajstić information content (AvgIpc) is 3.12. The number of ether oxygens (including phenoxy) is 7. The lowest BCUT2D eigenvalue weighted by atomic mass is 9.89. The third kappa shape index (κ3) is 10.1. The van der Waals surface area contributed by atoms with E-state index in [1.165, 1.54) is 0 Å². The molecule has 1 fully saturated rings. The first kappa shape index (κ1) is 35.4. The van der Waals surface area contributed by atoms with Gasteiger partial charge in [0.25, 0.3) is 0 Å². The van der Waals surface area contributed by atoms with Gasteiger partial charge in [-0.05, 0) is 36.1 Å². The molecule has 0 amide bonds. The Bertz CT molecular complexity index is 1470. The Morgan fingerprint density at radius 2 is 1.06 bits per heavy atom. The average molecular weight is 655 g/mol. The fraction of sp³-hybridized carbons (Fsp3) is 0.375. The smallest absolute Gasteiger partial charge is 0.311 e. The van der Waals surface area contributed by atoms with Crippen molar-refractivity contribution in [2.24, 2.45) is 0 Å². The van der Waals surface area contributed by atoms with Crippen molar-refractivity contribution in [3.8, 4) is 0 Å². The number of rotatable bonds is 18. The first-order valence-corrected chi connectivity index (χ1v) is 16.7. The van der Waals surface area contributed by atoms with Gasteiger partial charge < -0.3 is 33.2 Å². The summed E-state index contributed by atoms with van der Waals surface area (Å²) in [4.78, 5) is 13.3. The summed E-state index contributed by atoms with van der Waals surface area (Å²) >= 11 is 0. The Balaban J connectivity index is 1.53. The standard InChI is InChI=1S/C40H46O8/c1-3-43-36(41)25-40(47-4-2)39(46-29-34-23-15-8-16-24-34)38(45-28-33-21-13-7-14-22-33)37(44-27-32-19-11-6-12-20-32)35(48-40)30-42-26-31-17-9-5-10-18-31/h5-24,35,37-39H,3-4,25-30H2,1-2H3/t35-,37-,38+,39+,40+/m1/s1. The Morgan fingerprint density at radius 3 is 1.54 bits per heavy atom. The van der Waals surface area contributed by atoms with Crippen molar-refractivity contribution in [3.05, 3.63) is 144 Å². The zero-order chi connectivity index (χ0) is 33.4. The minimum Gasteiger partial charge on any atom is -0.466 e. The monoisotopic (exact) mass is 654 g/mol. The highest BCUT2D eigenvalue weighted by Gasteiger charge is 2.59. The van der Waals surface area contributed by atoms with Gasteiger partial charge in [-0.3, -0.25) is 4.79 Å². The number of carbonyl (C=O) groups excluding carboxylic acids is 1. The van der Waals surface area contributed by atoms with Crippen molar-refractivity contribution in [1.82, 2.24) is 0 Å². The fourth-order valence-electron chi connectivity index (χ4n) is 5.89. The predicted octanol–water partition coefficient (Wildman–Crippen LogP) is 7.04. The van der Waals surface area contributed by atoms with E-state index in [1.54, 1.807) is 6.92 Å². The van der Waals surface area contributed by atoms with Crippen LogP contribution in [-0.2, 0) is 64.4 Å². The second kappa shape index (κ2) is 18.6. The highest BCUT2D eigenvalue weighted by Crippen LogP contribution is 2.40. The molecule has 0 aliphatic carbocycles. The second-order valence-corrected chi connectivity index (χ2v) is 11.6. The Hall–Kier alpha value is -3.89. The molecule has 5 rings (SSSR count). The molecule has 4 aromatic rings. The van der Waals surface area contributed by atoms with Crippen molar-refractivity contribution < 1.29 is 38.0 Å². The Morgan fingerprint density at radius 1 is 0.604 bits per heavy atom. The molecule has 0 aromatic heterocycles. The maximum Gasteiger partial charge on any atom is 0.311 e. The van der Waals surface area contributed by atoms with Gasteiger partial charge in [-0.1, -0.05) is 121 Å². The maximum absolute atomic E-state index is 13.3. The van der Waals surface area contributed by atoms with Gasteiger partial charge in [-0.15, -0.1) is 0 Å². The molecule has 0 unspecified atom stereocenters. The van der Waals surface area contributed by atoms with Crippen molar-refractivity contribution >= 4 is 5.97 Å². The molecule has 0 saturated carbocycles. The van der Waals surface area contributed by atoms with Crippen LogP contribution in [0.5, 0.6) is 0 Å². The molecule has 1 heterocycles. The molecular weight excluding hydrogens is 608 g/mol. The fourth-order valence-corrected chi connectivity index (χ4v) is 5.89. The molecule has 1 saturated heterocycles. The van der Waals surface area contributed by atoms with Gasteiger partial charge in [0.1, 0.15) is 30.8 Å². The maximum atomic E-state index is 13.3. The molecule has 0 radical (unpaired) electrons. The summed E-state index contributed by atoms with van der Waals surface area (Å²) in [7, 11) is 0. The first-order chi connectivity index (χ1) is 23.6. The van der Waals surface area contributed by atoms with Crippen LogP contribution in [0.1, 0.15) is 42.5 Å². The summed E-state index contributed by atoms with van der Waals surface area (Å²) < 4.78 is 45.2. The van der Waals surface area contributed by atoms with Crippen molar-refractivity contribution in [1.29, 1.82) is 0 Å². The van der Waals surface area contributed by atoms with Gasteiger partial charge >= 0.3 is 5.97 Å². The van der Waals surface area contributed by atoms with Crippen molar-refractivity contribution in [3.63, 3.8) is 0 Å². The van der Waals surface area contributed by atoms with Gasteiger partial charge in [0.2, 0.25) is 5.79 Å². The van der Waals surface area contributed by atoms with Crippen LogP contribution in [0.4, 0.5) is 0 Å². The van der Waals surface area contributed by atoms with Crippen molar-refractivity contribution in [2.75, 3.05) is 19.8 Å². The quantitative estimate of drug-likeness (QED) is 0.106. The summed E-state index contributed by atoms with van der Waals surface area (Å²) in [6.45, 7) is 5.45. The molecule has 5 atom stereocenters. The third-order valence-electron chi connectivity index (χ3n) is 8.09. The summed E-state index contributed by atoms with van der Waals surface area (Å²) in [5, 5.41) is 0. The first-order valence-electron chi connectivity index (χ1n) is 16.7. The highest BCUT2D eigenvalue weighted by molar-refractivity contribution is 5.70. The number of hydrogen-bond donors (Lipinski definition) is 0. The van der Waals surface area contributed by atoms with Crippen LogP contribution in [0.25, 0.3) is 0 Å². The summed E-state index contributed by atoms with van der Waals surface area (Å²) in [6, 6.07) is 39.7. The number of hydrogen-bond acceptors (Lipinski definition) is 8. The zero-order valence-corrected chi connectivity index (χ0v) is 27.8. The van der Waals surface area contributed by atoms with Crippen LogP contribution in [0, 0.1) is 0 Å². The zero-order valence-electron chi connectivity index (χ0n) is 27.8. The molecule has 254 valence electrons. The van der Waals surface area contributed by atoms with Gasteiger partial charge in [-0.25, -0.2) is 0 Å². The van der Waals surface area contributed by atoms with E-state index in [0.717, 1.165) is 22.3 Å². The largest absolute Gasteiger partial charge is 0.466 e. The highest BCUT2D eigenvalue weighted by atomic mass is 16.7. The third-order valence-corrected chi connectivity index (χ3v) is 8.09. The molecule has 1 aliphatic heterocycles. The second-order valence-electron chi connectivity index (χ2n) is 11.6. The van der Waals surface area contributed by atoms with Gasteiger partial charge in [0.15, 0.2) is 0 Å². The molecule has 4 aromatic carbocycles. The molecule has 0 N–H and O–H groups in total. The lowest BCUT2D eigenvalue weighted by molar-refractivity contribution is -0.382. The van der Waals surface area contributed by atoms with Crippen LogP contribution >= 0.6 is 0 Å².